The molecule has 112 valence electrons. The van der Waals surface area contributed by atoms with Gasteiger partial charge in [0.1, 0.15) is 0 Å². The smallest absolute Gasteiger partial charge is 0.310 e. The third-order valence-corrected chi connectivity index (χ3v) is 4.62. The second-order valence-corrected chi connectivity index (χ2v) is 6.24. The molecule has 1 aromatic rings. The number of hydrogen-bond donors (Lipinski definition) is 1. The third kappa shape index (κ3) is 3.35. The van der Waals surface area contributed by atoms with Crippen molar-refractivity contribution in [3.63, 3.8) is 0 Å². The fraction of sp³-hybridized carbons (Fsp3) is 0.625. The summed E-state index contributed by atoms with van der Waals surface area (Å²) in [6.45, 7) is 7.40. The Morgan fingerprint density at radius 1 is 1.10 bits per heavy atom. The highest BCUT2D eigenvalue weighted by Gasteiger charge is 2.44. The summed E-state index contributed by atoms with van der Waals surface area (Å²) in [4.78, 5) is 0. The van der Waals surface area contributed by atoms with Crippen molar-refractivity contribution in [2.45, 2.75) is 45.8 Å². The summed E-state index contributed by atoms with van der Waals surface area (Å²) in [6.07, 6.45) is -1.76. The summed E-state index contributed by atoms with van der Waals surface area (Å²) in [7, 11) is 0. The lowest BCUT2D eigenvalue weighted by Gasteiger charge is -2.23. The molecule has 0 aliphatic heterocycles. The summed E-state index contributed by atoms with van der Waals surface area (Å²) in [5.74, 6) is 0.648. The summed E-state index contributed by atoms with van der Waals surface area (Å²) >= 11 is 0. The second-order valence-electron chi connectivity index (χ2n) is 6.24. The van der Waals surface area contributed by atoms with E-state index in [0.29, 0.717) is 11.3 Å². The van der Waals surface area contributed by atoms with Gasteiger partial charge in [0, 0.05) is 12.6 Å². The van der Waals surface area contributed by atoms with E-state index in [1.807, 2.05) is 6.92 Å². The van der Waals surface area contributed by atoms with Crippen LogP contribution in [0.2, 0.25) is 0 Å². The zero-order chi connectivity index (χ0) is 15.0. The van der Waals surface area contributed by atoms with Gasteiger partial charge < -0.3 is 5.32 Å². The lowest BCUT2D eigenvalue weighted by molar-refractivity contribution is -0.137. The first kappa shape index (κ1) is 15.4. The van der Waals surface area contributed by atoms with Crippen LogP contribution >= 0.6 is 0 Å². The maximum absolute atomic E-state index is 12.5. The normalized spacial score (nSPS) is 19.1. The van der Waals surface area contributed by atoms with Gasteiger partial charge in [-0.1, -0.05) is 26.0 Å². The molecule has 1 aromatic carbocycles. The van der Waals surface area contributed by atoms with Crippen LogP contribution in [0.15, 0.2) is 24.3 Å². The molecule has 1 fully saturated rings. The topological polar surface area (TPSA) is 12.0 Å². The van der Waals surface area contributed by atoms with Gasteiger partial charge in [-0.15, -0.1) is 0 Å². The highest BCUT2D eigenvalue weighted by Crippen LogP contribution is 2.51. The number of halogens is 3. The van der Waals surface area contributed by atoms with Crippen molar-refractivity contribution in [2.24, 2.45) is 11.3 Å². The van der Waals surface area contributed by atoms with Crippen molar-refractivity contribution in [3.05, 3.63) is 35.4 Å². The van der Waals surface area contributed by atoms with E-state index in [0.717, 1.165) is 24.2 Å². The Hall–Kier alpha value is -1.03. The largest absolute Gasteiger partial charge is 0.416 e. The first-order valence-corrected chi connectivity index (χ1v) is 7.15. The average Bonchev–Trinajstić information content (AvgIpc) is 3.16. The Morgan fingerprint density at radius 3 is 2.05 bits per heavy atom. The highest BCUT2D eigenvalue weighted by atomic mass is 19.4. The molecule has 1 unspecified atom stereocenters. The first-order valence-electron chi connectivity index (χ1n) is 7.15. The third-order valence-electron chi connectivity index (χ3n) is 4.62. The minimum atomic E-state index is -4.26. The van der Waals surface area contributed by atoms with Gasteiger partial charge in [0.15, 0.2) is 0 Å². The Bertz CT molecular complexity index is 444. The Kier molecular flexibility index (Phi) is 4.14. The molecular weight excluding hydrogens is 263 g/mol. The molecule has 0 amide bonds. The van der Waals surface area contributed by atoms with Crippen LogP contribution in [-0.2, 0) is 6.18 Å². The molecule has 1 aliphatic carbocycles. The van der Waals surface area contributed by atoms with E-state index >= 15 is 0 Å². The zero-order valence-corrected chi connectivity index (χ0v) is 12.2. The van der Waals surface area contributed by atoms with Gasteiger partial charge in [-0.2, -0.15) is 13.2 Å². The molecule has 0 radical (unpaired) electrons. The van der Waals surface area contributed by atoms with Crippen molar-refractivity contribution in [2.75, 3.05) is 6.54 Å². The van der Waals surface area contributed by atoms with Crippen LogP contribution < -0.4 is 5.32 Å². The summed E-state index contributed by atoms with van der Waals surface area (Å²) < 4.78 is 37.5. The predicted octanol–water partition coefficient (Wildman–Crippen LogP) is 4.79. The molecule has 1 aliphatic rings. The lowest BCUT2D eigenvalue weighted by atomic mass is 9.92. The lowest BCUT2D eigenvalue weighted by Crippen LogP contribution is -2.29. The van der Waals surface area contributed by atoms with Crippen molar-refractivity contribution < 1.29 is 13.2 Å². The molecule has 0 bridgehead atoms. The average molecular weight is 285 g/mol. The van der Waals surface area contributed by atoms with Gasteiger partial charge >= 0.3 is 6.18 Å². The van der Waals surface area contributed by atoms with Crippen LogP contribution in [0.3, 0.4) is 0 Å². The van der Waals surface area contributed by atoms with E-state index in [9.17, 15) is 13.2 Å². The van der Waals surface area contributed by atoms with E-state index in [2.05, 4.69) is 19.2 Å². The van der Waals surface area contributed by atoms with Crippen LogP contribution in [0, 0.1) is 11.3 Å². The number of nitrogens with one attached hydrogen (secondary N) is 1. The predicted molar refractivity (Wildman–Crippen MR) is 74.4 cm³/mol. The SMILES string of the molecule is CC(NCC1(C(C)C)CC1)c1ccc(C(F)(F)F)cc1. The minimum absolute atomic E-state index is 0.0773. The maximum atomic E-state index is 12.5. The van der Waals surface area contributed by atoms with Crippen molar-refractivity contribution in [1.29, 1.82) is 0 Å². The number of alkyl halides is 3. The maximum Gasteiger partial charge on any atom is 0.416 e. The minimum Gasteiger partial charge on any atom is -0.310 e. The van der Waals surface area contributed by atoms with E-state index in [1.54, 1.807) is 12.1 Å². The Morgan fingerprint density at radius 2 is 1.65 bits per heavy atom. The second kappa shape index (κ2) is 5.40. The van der Waals surface area contributed by atoms with Gasteiger partial charge in [0.2, 0.25) is 0 Å². The summed E-state index contributed by atoms with van der Waals surface area (Å²) in [5, 5.41) is 3.46. The standard InChI is InChI=1S/C16H22F3N/c1-11(2)15(8-9-15)10-20-12(3)13-4-6-14(7-5-13)16(17,18)19/h4-7,11-12,20H,8-10H2,1-3H3. The fourth-order valence-electron chi connectivity index (χ4n) is 2.55. The molecule has 1 N–H and O–H groups in total. The van der Waals surface area contributed by atoms with Gasteiger partial charge in [0.25, 0.3) is 0 Å². The van der Waals surface area contributed by atoms with Gasteiger partial charge in [-0.3, -0.25) is 0 Å². The highest BCUT2D eigenvalue weighted by molar-refractivity contribution is 5.26. The summed E-state index contributed by atoms with van der Waals surface area (Å²) in [5.41, 5.74) is 0.715. The molecule has 20 heavy (non-hydrogen) atoms. The molecular formula is C16H22F3N. The first-order chi connectivity index (χ1) is 9.24. The van der Waals surface area contributed by atoms with E-state index in [1.165, 1.54) is 12.8 Å². The Labute approximate surface area is 118 Å². The molecule has 1 atom stereocenters. The van der Waals surface area contributed by atoms with Gasteiger partial charge in [-0.05, 0) is 48.8 Å². The van der Waals surface area contributed by atoms with E-state index in [-0.39, 0.29) is 6.04 Å². The van der Waals surface area contributed by atoms with Crippen molar-refractivity contribution in [3.8, 4) is 0 Å². The molecule has 2 rings (SSSR count). The number of rotatable bonds is 5. The molecule has 0 aromatic heterocycles. The van der Waals surface area contributed by atoms with Crippen LogP contribution in [-0.4, -0.2) is 6.54 Å². The molecule has 1 saturated carbocycles. The van der Waals surface area contributed by atoms with E-state index in [4.69, 9.17) is 0 Å². The van der Waals surface area contributed by atoms with Crippen molar-refractivity contribution >= 4 is 0 Å². The quantitative estimate of drug-likeness (QED) is 0.820. The number of benzene rings is 1. The number of hydrogen-bond acceptors (Lipinski definition) is 1. The fourth-order valence-corrected chi connectivity index (χ4v) is 2.55. The van der Waals surface area contributed by atoms with Gasteiger partial charge in [0.05, 0.1) is 5.56 Å². The van der Waals surface area contributed by atoms with Crippen LogP contribution in [0.4, 0.5) is 13.2 Å². The molecule has 0 heterocycles. The van der Waals surface area contributed by atoms with Crippen molar-refractivity contribution in [1.82, 2.24) is 5.32 Å². The Balaban J connectivity index is 1.94. The zero-order valence-electron chi connectivity index (χ0n) is 12.2. The van der Waals surface area contributed by atoms with Crippen LogP contribution in [0.1, 0.15) is 50.8 Å². The summed E-state index contributed by atoms with van der Waals surface area (Å²) in [6, 6.07) is 5.52. The van der Waals surface area contributed by atoms with E-state index < -0.39 is 11.7 Å². The molecule has 0 spiro atoms. The molecule has 4 heteroatoms. The molecule has 0 saturated heterocycles. The van der Waals surface area contributed by atoms with Gasteiger partial charge in [-0.25, -0.2) is 0 Å². The molecule has 1 nitrogen and oxygen atoms in total. The van der Waals surface area contributed by atoms with Crippen LogP contribution in [0.25, 0.3) is 0 Å². The van der Waals surface area contributed by atoms with Crippen LogP contribution in [0.5, 0.6) is 0 Å². The monoisotopic (exact) mass is 285 g/mol.